The van der Waals surface area contributed by atoms with Gasteiger partial charge in [0.2, 0.25) is 15.9 Å². The number of carbonyl (C=O) groups excluding carboxylic acids is 2. The molecule has 9 heteroatoms. The Morgan fingerprint density at radius 1 is 0.943 bits per heavy atom. The molecular weight excluding hydrogens is 466 g/mol. The summed E-state index contributed by atoms with van der Waals surface area (Å²) in [6, 6.07) is 15.4. The molecule has 3 heterocycles. The normalized spacial score (nSPS) is 18.5. The van der Waals surface area contributed by atoms with Crippen molar-refractivity contribution in [3.8, 4) is 11.1 Å². The molecule has 0 spiro atoms. The van der Waals surface area contributed by atoms with Gasteiger partial charge in [-0.2, -0.15) is 4.31 Å². The summed E-state index contributed by atoms with van der Waals surface area (Å²) in [5, 5.41) is 0. The third-order valence-corrected chi connectivity index (χ3v) is 8.53. The van der Waals surface area contributed by atoms with Gasteiger partial charge in [0.1, 0.15) is 0 Å². The van der Waals surface area contributed by atoms with E-state index in [-0.39, 0.29) is 28.5 Å². The van der Waals surface area contributed by atoms with E-state index in [9.17, 15) is 18.0 Å². The summed E-state index contributed by atoms with van der Waals surface area (Å²) in [5.41, 5.74) is 2.87. The van der Waals surface area contributed by atoms with Gasteiger partial charge < -0.3 is 14.2 Å². The van der Waals surface area contributed by atoms with Gasteiger partial charge in [-0.05, 0) is 67.3 Å². The van der Waals surface area contributed by atoms with E-state index in [1.807, 2.05) is 25.1 Å². The fourth-order valence-corrected chi connectivity index (χ4v) is 6.42. The van der Waals surface area contributed by atoms with Crippen LogP contribution in [0.2, 0.25) is 0 Å². The molecule has 1 aromatic heterocycles. The predicted molar refractivity (Wildman–Crippen MR) is 133 cm³/mol. The molecule has 3 aromatic rings. The van der Waals surface area contributed by atoms with Crippen molar-refractivity contribution < 1.29 is 22.4 Å². The van der Waals surface area contributed by atoms with Crippen LogP contribution in [0, 0.1) is 0 Å². The molecular formula is C26H27N3O5S. The molecule has 1 atom stereocenters. The fraction of sp³-hybridized carbons (Fsp3) is 0.308. The van der Waals surface area contributed by atoms with Gasteiger partial charge in [-0.1, -0.05) is 18.2 Å². The molecule has 2 aromatic carbocycles. The van der Waals surface area contributed by atoms with Crippen molar-refractivity contribution >= 4 is 33.2 Å². The molecule has 1 saturated heterocycles. The molecule has 0 saturated carbocycles. The monoisotopic (exact) mass is 493 g/mol. The van der Waals surface area contributed by atoms with Crippen LogP contribution >= 0.6 is 0 Å². The summed E-state index contributed by atoms with van der Waals surface area (Å²) in [6.45, 7) is 4.85. The number of amides is 2. The SMILES string of the molecule is CC(=O)N1c2ccc(-c3ccc(S(=O)(=O)N4CCCC4)cc3)cc2N(C(=O)c2ccco2)C[C@@H]1C. The van der Waals surface area contributed by atoms with Crippen LogP contribution in [0.15, 0.2) is 70.2 Å². The first-order valence-electron chi connectivity index (χ1n) is 11.7. The second-order valence-electron chi connectivity index (χ2n) is 8.97. The number of rotatable bonds is 4. The molecule has 0 aliphatic carbocycles. The number of carbonyl (C=O) groups is 2. The minimum Gasteiger partial charge on any atom is -0.459 e. The molecule has 8 nitrogen and oxygen atoms in total. The minimum atomic E-state index is -3.49. The zero-order chi connectivity index (χ0) is 24.7. The summed E-state index contributed by atoms with van der Waals surface area (Å²) in [6.07, 6.45) is 3.22. The van der Waals surface area contributed by atoms with Crippen LogP contribution in [0.5, 0.6) is 0 Å². The molecule has 2 aliphatic rings. The number of nitrogens with zero attached hydrogens (tertiary/aromatic N) is 3. The van der Waals surface area contributed by atoms with Crippen LogP contribution in [0.4, 0.5) is 11.4 Å². The molecule has 0 radical (unpaired) electrons. The van der Waals surface area contributed by atoms with Crippen molar-refractivity contribution in [2.45, 2.75) is 37.6 Å². The van der Waals surface area contributed by atoms with Crippen molar-refractivity contribution in [2.24, 2.45) is 0 Å². The number of hydrogen-bond acceptors (Lipinski definition) is 5. The molecule has 0 N–H and O–H groups in total. The summed E-state index contributed by atoms with van der Waals surface area (Å²) < 4.78 is 32.6. The maximum Gasteiger partial charge on any atom is 0.294 e. The van der Waals surface area contributed by atoms with Crippen molar-refractivity contribution in [1.82, 2.24) is 4.31 Å². The Morgan fingerprint density at radius 2 is 1.63 bits per heavy atom. The van der Waals surface area contributed by atoms with Gasteiger partial charge in [0.25, 0.3) is 5.91 Å². The number of anilines is 2. The molecule has 1 fully saturated rings. The van der Waals surface area contributed by atoms with Gasteiger partial charge in [0.05, 0.1) is 28.6 Å². The second kappa shape index (κ2) is 8.98. The van der Waals surface area contributed by atoms with Gasteiger partial charge in [-0.15, -0.1) is 0 Å². The molecule has 2 amide bonds. The molecule has 182 valence electrons. The topological polar surface area (TPSA) is 91.1 Å². The Bertz CT molecular complexity index is 1360. The number of benzene rings is 2. The van der Waals surface area contributed by atoms with Gasteiger partial charge >= 0.3 is 0 Å². The van der Waals surface area contributed by atoms with Gasteiger partial charge in [-0.25, -0.2) is 8.42 Å². The van der Waals surface area contributed by atoms with Gasteiger partial charge in [0.15, 0.2) is 5.76 Å². The maximum atomic E-state index is 13.2. The Hall–Kier alpha value is -3.43. The lowest BCUT2D eigenvalue weighted by Gasteiger charge is -2.40. The predicted octanol–water partition coefficient (Wildman–Crippen LogP) is 4.13. The van der Waals surface area contributed by atoms with E-state index in [1.165, 1.54) is 17.5 Å². The minimum absolute atomic E-state index is 0.104. The highest BCUT2D eigenvalue weighted by Gasteiger charge is 2.35. The lowest BCUT2D eigenvalue weighted by Crippen LogP contribution is -2.51. The van der Waals surface area contributed by atoms with E-state index in [4.69, 9.17) is 4.42 Å². The maximum absolute atomic E-state index is 13.2. The lowest BCUT2D eigenvalue weighted by atomic mass is 10.0. The zero-order valence-electron chi connectivity index (χ0n) is 19.7. The summed E-state index contributed by atoms with van der Waals surface area (Å²) in [7, 11) is -3.49. The van der Waals surface area contributed by atoms with E-state index in [1.54, 1.807) is 46.2 Å². The quantitative estimate of drug-likeness (QED) is 0.545. The molecule has 0 bridgehead atoms. The molecule has 2 aliphatic heterocycles. The van der Waals surface area contributed by atoms with Gasteiger partial charge in [-0.3, -0.25) is 9.59 Å². The molecule has 0 unspecified atom stereocenters. The van der Waals surface area contributed by atoms with Crippen LogP contribution in [-0.2, 0) is 14.8 Å². The number of furan rings is 1. The zero-order valence-corrected chi connectivity index (χ0v) is 20.5. The molecule has 5 rings (SSSR count). The second-order valence-corrected chi connectivity index (χ2v) is 10.9. The van der Waals surface area contributed by atoms with Crippen molar-refractivity contribution in [2.75, 3.05) is 29.4 Å². The van der Waals surface area contributed by atoms with Crippen LogP contribution < -0.4 is 9.80 Å². The van der Waals surface area contributed by atoms with E-state index >= 15 is 0 Å². The Labute approximate surface area is 204 Å². The van der Waals surface area contributed by atoms with Crippen LogP contribution in [0.1, 0.15) is 37.2 Å². The number of sulfonamides is 1. The van der Waals surface area contributed by atoms with E-state index in [2.05, 4.69) is 0 Å². The Morgan fingerprint density at radius 3 is 2.26 bits per heavy atom. The van der Waals surface area contributed by atoms with E-state index in [0.717, 1.165) is 24.0 Å². The first kappa shape index (κ1) is 23.3. The number of hydrogen-bond donors (Lipinski definition) is 0. The van der Waals surface area contributed by atoms with Crippen molar-refractivity contribution in [1.29, 1.82) is 0 Å². The lowest BCUT2D eigenvalue weighted by molar-refractivity contribution is -0.117. The van der Waals surface area contributed by atoms with Gasteiger partial charge in [0, 0.05) is 26.6 Å². The summed E-state index contributed by atoms with van der Waals surface area (Å²) in [4.78, 5) is 29.2. The Balaban J connectivity index is 1.53. The average molecular weight is 494 g/mol. The van der Waals surface area contributed by atoms with E-state index in [0.29, 0.717) is 31.0 Å². The fourth-order valence-electron chi connectivity index (χ4n) is 4.91. The van der Waals surface area contributed by atoms with E-state index < -0.39 is 10.0 Å². The highest BCUT2D eigenvalue weighted by atomic mass is 32.2. The Kier molecular flexibility index (Phi) is 5.98. The summed E-state index contributed by atoms with van der Waals surface area (Å²) in [5.74, 6) is -0.162. The van der Waals surface area contributed by atoms with Crippen molar-refractivity contribution in [3.63, 3.8) is 0 Å². The standard InChI is InChI=1S/C26H27N3O5S/c1-18-17-28(26(31)25-6-5-15-34-25)24-16-21(9-12-23(24)29(18)19(2)30)20-7-10-22(11-8-20)35(32,33)27-13-3-4-14-27/h5-12,15-16,18H,3-4,13-14,17H2,1-2H3/t18-/m0/s1. The van der Waals surface area contributed by atoms with Crippen LogP contribution in [0.3, 0.4) is 0 Å². The summed E-state index contributed by atoms with van der Waals surface area (Å²) >= 11 is 0. The highest BCUT2D eigenvalue weighted by Crippen LogP contribution is 2.39. The smallest absolute Gasteiger partial charge is 0.294 e. The molecule has 35 heavy (non-hydrogen) atoms. The number of fused-ring (bicyclic) bond motifs is 1. The van der Waals surface area contributed by atoms with Crippen LogP contribution in [-0.4, -0.2) is 50.2 Å². The third kappa shape index (κ3) is 4.15. The first-order valence-corrected chi connectivity index (χ1v) is 13.1. The average Bonchev–Trinajstić information content (AvgIpc) is 3.58. The van der Waals surface area contributed by atoms with Crippen LogP contribution in [0.25, 0.3) is 11.1 Å². The first-order chi connectivity index (χ1) is 16.8. The highest BCUT2D eigenvalue weighted by molar-refractivity contribution is 7.89. The third-order valence-electron chi connectivity index (χ3n) is 6.62. The largest absolute Gasteiger partial charge is 0.459 e. The van der Waals surface area contributed by atoms with Crippen molar-refractivity contribution in [3.05, 3.63) is 66.6 Å².